The van der Waals surface area contributed by atoms with Crippen LogP contribution in [0.25, 0.3) is 10.6 Å². The van der Waals surface area contributed by atoms with Crippen LogP contribution >= 0.6 is 11.7 Å². The quantitative estimate of drug-likeness (QED) is 0.0880. The first kappa shape index (κ1) is 73.9. The Morgan fingerprint density at radius 1 is 0.247 bits per heavy atom. The van der Waals surface area contributed by atoms with Crippen LogP contribution in [0.4, 0.5) is 0 Å². The van der Waals surface area contributed by atoms with Crippen molar-refractivity contribution in [2.24, 2.45) is 0 Å². The van der Waals surface area contributed by atoms with E-state index >= 15 is 0 Å². The van der Waals surface area contributed by atoms with E-state index in [0.717, 1.165) is 20.7 Å². The fourth-order valence-electron chi connectivity index (χ4n) is 21.7. The van der Waals surface area contributed by atoms with Gasteiger partial charge in [0, 0.05) is 0 Å². The molecule has 0 nitrogen and oxygen atoms in total. The van der Waals surface area contributed by atoms with Crippen LogP contribution in [0, 0.1) is 0 Å². The summed E-state index contributed by atoms with van der Waals surface area (Å²) >= 11 is 0.626. The molecule has 0 aliphatic carbocycles. The second-order valence-electron chi connectivity index (χ2n) is 40.3. The van der Waals surface area contributed by atoms with E-state index in [2.05, 4.69) is 310 Å². The van der Waals surface area contributed by atoms with Crippen molar-refractivity contribution in [3.8, 4) is 10.6 Å². The molecule has 2 unspecified atom stereocenters. The van der Waals surface area contributed by atoms with Gasteiger partial charge in [0.1, 0.15) is 0 Å². The zero-order valence-electron chi connectivity index (χ0n) is 59.9. The summed E-state index contributed by atoms with van der Waals surface area (Å²) in [6.07, 6.45) is 0. The number of hydrogen-bond donors (Lipinski definition) is 0. The maximum absolute atomic E-state index is 3.17. The Hall–Kier alpha value is 2.60. The van der Waals surface area contributed by atoms with Crippen molar-refractivity contribution >= 4 is 138 Å². The Morgan fingerprint density at radius 3 is 0.481 bits per heavy atom. The third kappa shape index (κ3) is 14.5. The minimum absolute atomic E-state index is 0.306. The van der Waals surface area contributed by atoms with Crippen LogP contribution < -0.4 is 0 Å². The Labute approximate surface area is 505 Å². The number of hydrogen-bond acceptors (Lipinski definition) is 0. The molecule has 0 saturated heterocycles. The average Bonchev–Trinajstić information content (AvgIpc) is 3.79. The number of rotatable bonds is 22. The molecule has 0 N–H and O–H groups in total. The van der Waals surface area contributed by atoms with Crippen LogP contribution in [0.15, 0.2) is 24.3 Å². The van der Waals surface area contributed by atoms with Crippen LogP contribution in [0.3, 0.4) is 0 Å². The van der Waals surface area contributed by atoms with Gasteiger partial charge in [0.2, 0.25) is 0 Å². The van der Waals surface area contributed by atoms with Gasteiger partial charge in [-0.2, -0.15) is 0 Å². The molecule has 2 atom stereocenters. The van der Waals surface area contributed by atoms with Crippen molar-refractivity contribution in [1.29, 1.82) is 0 Å². The van der Waals surface area contributed by atoms with E-state index < -0.39 is 113 Å². The Kier molecular flexibility index (Phi) is 21.4. The van der Waals surface area contributed by atoms with E-state index in [1.807, 2.05) is 33.4 Å². The normalized spacial score (nSPS) is 16.3. The summed E-state index contributed by atoms with van der Waals surface area (Å²) in [5.74, 6) is -0.612. The van der Waals surface area contributed by atoms with Gasteiger partial charge in [0.15, 0.2) is 0 Å². The van der Waals surface area contributed by atoms with Crippen molar-refractivity contribution in [3.05, 3.63) is 57.6 Å². The fourth-order valence-corrected chi connectivity index (χ4v) is 154. The van der Waals surface area contributed by atoms with E-state index in [-0.39, 0.29) is 11.7 Å². The van der Waals surface area contributed by atoms with Crippen molar-refractivity contribution in [2.75, 3.05) is 0 Å². The summed E-state index contributed by atoms with van der Waals surface area (Å²) in [5.41, 5.74) is 11.7. The van der Waals surface area contributed by atoms with E-state index in [9.17, 15) is 0 Å². The van der Waals surface area contributed by atoms with E-state index in [0.29, 0.717) is 22.2 Å². The van der Waals surface area contributed by atoms with E-state index in [1.165, 1.54) is 0 Å². The van der Waals surface area contributed by atoms with Crippen molar-refractivity contribution < 1.29 is 0 Å². The van der Waals surface area contributed by atoms with Crippen LogP contribution in [-0.2, 0) is 8.57 Å². The number of benzene rings is 2. The molecule has 0 aliphatic heterocycles. The molecular weight excluding hydrogens is 1250 g/mol. The molecule has 77 heavy (non-hydrogen) atoms. The first-order valence-corrected chi connectivity index (χ1v) is 88.2. The van der Waals surface area contributed by atoms with Gasteiger partial charge >= 0.3 is 511 Å². The van der Waals surface area contributed by atoms with Gasteiger partial charge < -0.3 is 0 Å². The topological polar surface area (TPSA) is 0 Å². The van der Waals surface area contributed by atoms with Gasteiger partial charge in [0.25, 0.3) is 0 Å². The summed E-state index contributed by atoms with van der Waals surface area (Å²) in [6.45, 7) is 119. The molecule has 2 aromatic carbocycles. The van der Waals surface area contributed by atoms with Crippen LogP contribution in [0.1, 0.15) is 54.0 Å². The molecule has 0 spiro atoms. The molecule has 3 rings (SSSR count). The van der Waals surface area contributed by atoms with Crippen molar-refractivity contribution in [2.45, 2.75) is 304 Å². The monoisotopic (exact) mass is 1390 g/mol. The fraction of sp³-hybridized carbons (Fsp3) is 0.800. The molecule has 17 heteroatoms. The van der Waals surface area contributed by atoms with Gasteiger partial charge in [-0.25, -0.2) is 0 Å². The molecule has 0 aliphatic rings. The zero-order chi connectivity index (χ0) is 61.6. The summed E-state index contributed by atoms with van der Waals surface area (Å²) in [6, 6.07) is 12.7. The Morgan fingerprint density at radius 2 is 0.377 bits per heavy atom. The minimum atomic E-state index is -1.81. The molecule has 446 valence electrons. The second-order valence-corrected chi connectivity index (χ2v) is 136. The van der Waals surface area contributed by atoms with Gasteiger partial charge in [-0.1, -0.05) is 0 Å². The molecule has 0 saturated carbocycles. The summed E-state index contributed by atoms with van der Waals surface area (Å²) in [5, 5.41) is 7.12. The zero-order valence-corrected chi connectivity index (χ0v) is 77.4. The Bertz CT molecular complexity index is 2130. The second kappa shape index (κ2) is 22.3. The molecule has 1 aromatic heterocycles. The summed E-state index contributed by atoms with van der Waals surface area (Å²) in [7, 11) is -24.8. The van der Waals surface area contributed by atoms with Crippen molar-refractivity contribution in [1.82, 2.24) is 0 Å². The molecule has 0 amide bonds. The van der Waals surface area contributed by atoms with Gasteiger partial charge in [-0.05, 0) is 0 Å². The van der Waals surface area contributed by atoms with Gasteiger partial charge in [-0.15, -0.1) is 0 Å². The average molecular weight is 1390 g/mol. The molecule has 0 bridgehead atoms. The van der Waals surface area contributed by atoms with Crippen LogP contribution in [0.5, 0.6) is 0 Å². The predicted octanol–water partition coefficient (Wildman–Crippen LogP) is 23.8. The molecule has 0 radical (unpaired) electrons. The Balaban J connectivity index is 3.27. The third-order valence-electron chi connectivity index (χ3n) is 18.8. The maximum atomic E-state index is 3.17. The first-order chi connectivity index (χ1) is 33.1. The molecule has 3 aromatic rings. The van der Waals surface area contributed by atoms with Gasteiger partial charge in [-0.3, -0.25) is 0 Å². The van der Waals surface area contributed by atoms with E-state index in [4.69, 9.17) is 0 Å². The SMILES string of the molecule is C[Si](C)(C)C(c1cc(C([Si](C)(C)C)([Si](C)(C)C)[Si](C)(C)C)cc(C([Si](C)(C)C)[Si](C)(C)C)c1-p1[se]p1-c1c(C([Si](C)(C)C)[Si](C)(C)C)cc(C([Si](C)(C)C)([Si](C)(C)C)[Si](C)(C)C)cc1C([Si](C)(C)C)[Si](C)(C)C)[Si](C)(C)C. The van der Waals surface area contributed by atoms with Crippen molar-refractivity contribution in [3.63, 3.8) is 0 Å². The summed E-state index contributed by atoms with van der Waals surface area (Å²) in [4.78, 5) is 0. The molecular formula is C60H134P2SeSi14. The van der Waals surface area contributed by atoms with Crippen LogP contribution in [0.2, 0.25) is 275 Å². The molecule has 1 heterocycles. The third-order valence-corrected chi connectivity index (χ3v) is 115. The summed E-state index contributed by atoms with van der Waals surface area (Å²) < 4.78 is 0.703. The van der Waals surface area contributed by atoms with Crippen LogP contribution in [-0.4, -0.2) is 127 Å². The van der Waals surface area contributed by atoms with Gasteiger partial charge in [0.05, 0.1) is 0 Å². The first-order valence-electron chi connectivity index (χ1n) is 30.8. The predicted molar refractivity (Wildman–Crippen MR) is 413 cm³/mol. The molecule has 0 fully saturated rings. The standard InChI is InChI=1S/C60H134P2SeSi14/c1-64(2,3)55(65(4,5)6)49-43-47(59(72(25,26)27,73(28,29)30)74(31,32)33)44-50(56(66(7,8)9)67(10,11)12)53(49)61-62(63-61)54-51(57(68(13,14)15)69(16,17)18)45-48(46-52(54)58(70(19,20)21)71(22,23)24)60(75(34,35)36,76(37,38)39)77(40,41)42/h43-46,55-58H,1-42H3. The van der Waals surface area contributed by atoms with E-state index in [1.54, 1.807) is 0 Å².